The smallest absolute Gasteiger partial charge is 0.242 e. The summed E-state index contributed by atoms with van der Waals surface area (Å²) in [7, 11) is 0. The third kappa shape index (κ3) is 3.77. The summed E-state index contributed by atoms with van der Waals surface area (Å²) in [4.78, 5) is 9.05. The second-order valence-electron chi connectivity index (χ2n) is 6.25. The molecule has 1 fully saturated rings. The van der Waals surface area contributed by atoms with Gasteiger partial charge in [0.2, 0.25) is 5.88 Å². The van der Waals surface area contributed by atoms with Gasteiger partial charge in [-0.3, -0.25) is 0 Å². The lowest BCUT2D eigenvalue weighted by molar-refractivity contribution is 0.325. The molecule has 2 atom stereocenters. The molecule has 0 radical (unpaired) electrons. The van der Waals surface area contributed by atoms with Crippen LogP contribution in [0.15, 0.2) is 0 Å². The fourth-order valence-electron chi connectivity index (χ4n) is 2.79. The Balaban J connectivity index is 2.27. The molecule has 5 heteroatoms. The largest absolute Gasteiger partial charge is 0.476 e. The first-order valence-electron chi connectivity index (χ1n) is 8.09. The van der Waals surface area contributed by atoms with Crippen molar-refractivity contribution in [1.29, 1.82) is 0 Å². The number of nitrogens with one attached hydrogen (secondary N) is 1. The number of ether oxygens (including phenoxy) is 1. The summed E-state index contributed by atoms with van der Waals surface area (Å²) < 4.78 is 5.57. The molecule has 0 amide bonds. The zero-order chi connectivity index (χ0) is 15.4. The SMILES string of the molecule is CCOc1nc(C(C)C)nc(NC2CCCCC2C)c1N. The van der Waals surface area contributed by atoms with Gasteiger partial charge in [0.05, 0.1) is 6.61 Å². The van der Waals surface area contributed by atoms with E-state index in [0.717, 1.165) is 11.6 Å². The van der Waals surface area contributed by atoms with Crippen LogP contribution in [0.3, 0.4) is 0 Å². The van der Waals surface area contributed by atoms with E-state index in [4.69, 9.17) is 10.5 Å². The molecule has 1 heterocycles. The van der Waals surface area contributed by atoms with Crippen LogP contribution in [0.4, 0.5) is 11.5 Å². The minimum atomic E-state index is 0.245. The normalized spacial score (nSPS) is 22.3. The summed E-state index contributed by atoms with van der Waals surface area (Å²) >= 11 is 0. The van der Waals surface area contributed by atoms with E-state index in [2.05, 4.69) is 36.1 Å². The Kier molecular flexibility index (Phi) is 5.26. The quantitative estimate of drug-likeness (QED) is 0.868. The van der Waals surface area contributed by atoms with E-state index >= 15 is 0 Å². The maximum atomic E-state index is 6.19. The summed E-state index contributed by atoms with van der Waals surface area (Å²) in [6.07, 6.45) is 5.02. The highest BCUT2D eigenvalue weighted by atomic mass is 16.5. The third-order valence-corrected chi connectivity index (χ3v) is 4.16. The zero-order valence-corrected chi connectivity index (χ0v) is 13.6. The third-order valence-electron chi connectivity index (χ3n) is 4.16. The Morgan fingerprint density at radius 2 is 2.00 bits per heavy atom. The van der Waals surface area contributed by atoms with Gasteiger partial charge in [0, 0.05) is 12.0 Å². The second-order valence-corrected chi connectivity index (χ2v) is 6.25. The number of nitrogens with two attached hydrogens (primary N) is 1. The second kappa shape index (κ2) is 6.96. The lowest BCUT2D eigenvalue weighted by atomic mass is 9.86. The van der Waals surface area contributed by atoms with Crippen LogP contribution < -0.4 is 15.8 Å². The van der Waals surface area contributed by atoms with Gasteiger partial charge in [0.15, 0.2) is 5.82 Å². The molecule has 0 bridgehead atoms. The van der Waals surface area contributed by atoms with Gasteiger partial charge in [0.1, 0.15) is 11.5 Å². The van der Waals surface area contributed by atoms with Crippen molar-refractivity contribution in [2.24, 2.45) is 5.92 Å². The monoisotopic (exact) mass is 292 g/mol. The van der Waals surface area contributed by atoms with Crippen LogP contribution >= 0.6 is 0 Å². The Morgan fingerprint density at radius 1 is 1.29 bits per heavy atom. The van der Waals surface area contributed by atoms with Crippen molar-refractivity contribution >= 4 is 11.5 Å². The van der Waals surface area contributed by atoms with Crippen LogP contribution in [-0.2, 0) is 0 Å². The van der Waals surface area contributed by atoms with Crippen molar-refractivity contribution in [3.05, 3.63) is 5.82 Å². The zero-order valence-electron chi connectivity index (χ0n) is 13.6. The number of hydrogen-bond donors (Lipinski definition) is 2. The molecule has 5 nitrogen and oxygen atoms in total. The average Bonchev–Trinajstić information content (AvgIpc) is 2.45. The molecule has 21 heavy (non-hydrogen) atoms. The first-order valence-corrected chi connectivity index (χ1v) is 8.09. The van der Waals surface area contributed by atoms with Gasteiger partial charge in [-0.15, -0.1) is 0 Å². The molecule has 1 aromatic heterocycles. The predicted molar refractivity (Wildman–Crippen MR) is 86.7 cm³/mol. The summed E-state index contributed by atoms with van der Waals surface area (Å²) in [6, 6.07) is 0.436. The standard InChI is InChI=1S/C16H28N4O/c1-5-21-16-13(17)15(19-14(20-16)10(2)3)18-12-9-7-6-8-11(12)4/h10-12H,5-9,17H2,1-4H3,(H,18,19,20). The molecule has 1 saturated carbocycles. The predicted octanol–water partition coefficient (Wildman–Crippen LogP) is 3.57. The lowest BCUT2D eigenvalue weighted by Gasteiger charge is -2.30. The maximum absolute atomic E-state index is 6.19. The first kappa shape index (κ1) is 15.9. The van der Waals surface area contributed by atoms with Crippen molar-refractivity contribution < 1.29 is 4.74 Å². The molecule has 2 unspecified atom stereocenters. The number of rotatable bonds is 5. The van der Waals surface area contributed by atoms with Gasteiger partial charge in [-0.05, 0) is 25.7 Å². The van der Waals surface area contributed by atoms with Gasteiger partial charge in [0.25, 0.3) is 0 Å². The molecular formula is C16H28N4O. The molecule has 0 aromatic carbocycles. The molecular weight excluding hydrogens is 264 g/mol. The lowest BCUT2D eigenvalue weighted by Crippen LogP contribution is -2.31. The fraction of sp³-hybridized carbons (Fsp3) is 0.750. The Hall–Kier alpha value is -1.52. The van der Waals surface area contributed by atoms with Crippen molar-refractivity contribution in [2.45, 2.75) is 65.3 Å². The van der Waals surface area contributed by atoms with E-state index in [1.165, 1.54) is 25.7 Å². The Morgan fingerprint density at radius 3 is 2.62 bits per heavy atom. The minimum Gasteiger partial charge on any atom is -0.476 e. The molecule has 0 aliphatic heterocycles. The first-order chi connectivity index (χ1) is 10.0. The molecule has 0 spiro atoms. The van der Waals surface area contributed by atoms with E-state index in [9.17, 15) is 0 Å². The highest BCUT2D eigenvalue weighted by Crippen LogP contribution is 2.32. The molecule has 118 valence electrons. The molecule has 2 rings (SSSR count). The van der Waals surface area contributed by atoms with Crippen molar-refractivity contribution in [1.82, 2.24) is 9.97 Å². The number of nitrogen functional groups attached to an aromatic ring is 1. The van der Waals surface area contributed by atoms with Crippen molar-refractivity contribution in [3.8, 4) is 5.88 Å². The van der Waals surface area contributed by atoms with Gasteiger partial charge < -0.3 is 15.8 Å². The molecule has 3 N–H and O–H groups in total. The van der Waals surface area contributed by atoms with E-state index in [0.29, 0.717) is 30.1 Å². The molecule has 0 saturated heterocycles. The number of aromatic nitrogens is 2. The Bertz CT molecular complexity index is 476. The highest BCUT2D eigenvalue weighted by Gasteiger charge is 2.24. The highest BCUT2D eigenvalue weighted by molar-refractivity contribution is 5.67. The maximum Gasteiger partial charge on any atom is 0.242 e. The number of nitrogens with zero attached hydrogens (tertiary/aromatic N) is 2. The van der Waals surface area contributed by atoms with Gasteiger partial charge in [-0.1, -0.05) is 33.6 Å². The van der Waals surface area contributed by atoms with Gasteiger partial charge >= 0.3 is 0 Å². The van der Waals surface area contributed by atoms with Gasteiger partial charge in [-0.25, -0.2) is 4.98 Å². The Labute approximate surface area is 127 Å². The number of anilines is 2. The van der Waals surface area contributed by atoms with Gasteiger partial charge in [-0.2, -0.15) is 4.98 Å². The van der Waals surface area contributed by atoms with Crippen molar-refractivity contribution in [2.75, 3.05) is 17.7 Å². The van der Waals surface area contributed by atoms with E-state index in [1.54, 1.807) is 0 Å². The van der Waals surface area contributed by atoms with Crippen LogP contribution in [-0.4, -0.2) is 22.6 Å². The van der Waals surface area contributed by atoms with Crippen molar-refractivity contribution in [3.63, 3.8) is 0 Å². The topological polar surface area (TPSA) is 73.1 Å². The van der Waals surface area contributed by atoms with E-state index < -0.39 is 0 Å². The van der Waals surface area contributed by atoms with Crippen LogP contribution in [0.1, 0.15) is 65.1 Å². The summed E-state index contributed by atoms with van der Waals surface area (Å²) in [6.45, 7) is 8.94. The average molecular weight is 292 g/mol. The number of hydrogen-bond acceptors (Lipinski definition) is 5. The van der Waals surface area contributed by atoms with Crippen LogP contribution in [0.25, 0.3) is 0 Å². The minimum absolute atomic E-state index is 0.245. The summed E-state index contributed by atoms with van der Waals surface area (Å²) in [5.74, 6) is 2.90. The summed E-state index contributed by atoms with van der Waals surface area (Å²) in [5, 5.41) is 3.54. The fourth-order valence-corrected chi connectivity index (χ4v) is 2.79. The molecule has 1 aliphatic carbocycles. The van der Waals surface area contributed by atoms with Crippen LogP contribution in [0.5, 0.6) is 5.88 Å². The molecule has 1 aromatic rings. The van der Waals surface area contributed by atoms with Crippen LogP contribution in [0.2, 0.25) is 0 Å². The molecule has 1 aliphatic rings. The van der Waals surface area contributed by atoms with Crippen LogP contribution in [0, 0.1) is 5.92 Å². The summed E-state index contributed by atoms with van der Waals surface area (Å²) in [5.41, 5.74) is 6.72. The van der Waals surface area contributed by atoms with E-state index in [-0.39, 0.29) is 5.92 Å². The van der Waals surface area contributed by atoms with E-state index in [1.807, 2.05) is 6.92 Å².